The normalized spacial score (nSPS) is 12.6. The van der Waals surface area contributed by atoms with Crippen LogP contribution < -0.4 is 5.69 Å². The molecule has 0 aliphatic rings. The average molecular weight is 490 g/mol. The second kappa shape index (κ2) is 10.3. The average Bonchev–Trinajstić information content (AvgIpc) is 3.47. The van der Waals surface area contributed by atoms with Crippen molar-refractivity contribution < 1.29 is 9.90 Å². The maximum atomic E-state index is 13.4. The van der Waals surface area contributed by atoms with Gasteiger partial charge in [0.2, 0.25) is 0 Å². The first-order valence-electron chi connectivity index (χ1n) is 12.0. The number of hydrogen-bond donors (Lipinski definition) is 2. The molecule has 1 unspecified atom stereocenters. The Hall–Kier alpha value is -4.08. The van der Waals surface area contributed by atoms with Gasteiger partial charge in [0.25, 0.3) is 0 Å². The first-order valence-corrected chi connectivity index (χ1v) is 12.0. The number of unbranched alkanes of at least 4 members (excludes halogenated alkanes) is 1. The molecule has 2 aromatic heterocycles. The number of carboxylic acids is 1. The van der Waals surface area contributed by atoms with Gasteiger partial charge in [0.05, 0.1) is 6.54 Å². The van der Waals surface area contributed by atoms with Gasteiger partial charge in [-0.3, -0.25) is 4.57 Å². The zero-order chi connectivity index (χ0) is 25.9. The van der Waals surface area contributed by atoms with E-state index in [-0.39, 0.29) is 0 Å². The Morgan fingerprint density at radius 3 is 2.36 bits per heavy atom. The summed E-state index contributed by atoms with van der Waals surface area (Å²) in [4.78, 5) is 25.4. The van der Waals surface area contributed by atoms with Crippen molar-refractivity contribution in [2.75, 3.05) is 0 Å². The Labute approximate surface area is 209 Å². The van der Waals surface area contributed by atoms with Gasteiger partial charge in [0.15, 0.2) is 11.9 Å². The van der Waals surface area contributed by atoms with E-state index in [9.17, 15) is 14.7 Å². The first-order chi connectivity index (χ1) is 17.2. The summed E-state index contributed by atoms with van der Waals surface area (Å²) < 4.78 is 2.74. The van der Waals surface area contributed by atoms with Crippen LogP contribution in [0.3, 0.4) is 0 Å². The summed E-state index contributed by atoms with van der Waals surface area (Å²) in [6.45, 7) is 7.78. The molecule has 0 fully saturated rings. The van der Waals surface area contributed by atoms with Gasteiger partial charge < -0.3 is 5.11 Å². The second-order valence-electron chi connectivity index (χ2n) is 9.93. The lowest BCUT2D eigenvalue weighted by Crippen LogP contribution is -2.39. The fourth-order valence-corrected chi connectivity index (χ4v) is 4.33. The zero-order valence-corrected chi connectivity index (χ0v) is 21.0. The minimum atomic E-state index is -1.07. The lowest BCUT2D eigenvalue weighted by Gasteiger charge is -2.26. The van der Waals surface area contributed by atoms with Gasteiger partial charge in [-0.2, -0.15) is 9.78 Å². The Morgan fingerprint density at radius 1 is 1.08 bits per heavy atom. The minimum Gasteiger partial charge on any atom is -0.480 e. The zero-order valence-electron chi connectivity index (χ0n) is 21.0. The highest BCUT2D eigenvalue weighted by atomic mass is 16.4. The van der Waals surface area contributed by atoms with Crippen molar-refractivity contribution in [3.63, 3.8) is 0 Å². The van der Waals surface area contributed by atoms with E-state index in [2.05, 4.69) is 32.6 Å². The third-order valence-corrected chi connectivity index (χ3v) is 6.15. The van der Waals surface area contributed by atoms with Gasteiger partial charge in [-0.25, -0.2) is 14.7 Å². The Balaban J connectivity index is 1.68. The third-order valence-electron chi connectivity index (χ3n) is 6.15. The van der Waals surface area contributed by atoms with Crippen molar-refractivity contribution in [2.45, 2.75) is 59.5 Å². The third kappa shape index (κ3) is 5.12. The van der Waals surface area contributed by atoms with Crippen molar-refractivity contribution in [1.82, 2.24) is 35.0 Å². The molecule has 0 saturated carbocycles. The number of nitrogens with zero attached hydrogens (tertiary/aromatic N) is 6. The van der Waals surface area contributed by atoms with E-state index in [4.69, 9.17) is 0 Å². The van der Waals surface area contributed by atoms with Crippen LogP contribution in [0, 0.1) is 5.41 Å². The first kappa shape index (κ1) is 25.0. The monoisotopic (exact) mass is 489 g/mol. The predicted molar refractivity (Wildman–Crippen MR) is 135 cm³/mol. The van der Waals surface area contributed by atoms with Crippen molar-refractivity contribution in [3.8, 4) is 22.5 Å². The molecular weight excluding hydrogens is 458 g/mol. The molecule has 0 aliphatic heterocycles. The Kier molecular flexibility index (Phi) is 7.14. The molecule has 0 spiro atoms. The van der Waals surface area contributed by atoms with E-state index < -0.39 is 23.1 Å². The van der Waals surface area contributed by atoms with Gasteiger partial charge >= 0.3 is 11.7 Å². The number of aromatic amines is 1. The van der Waals surface area contributed by atoms with Crippen LogP contribution in [0.15, 0.2) is 53.3 Å². The number of hydrogen-bond acceptors (Lipinski definition) is 6. The SMILES string of the molecule is CCCCc1nn(C(C(=O)O)C(C)(C)C)c(=O)n1Cc1ccc(-c2ccccc2-c2nnn[nH]2)cc1. The molecule has 36 heavy (non-hydrogen) atoms. The maximum Gasteiger partial charge on any atom is 0.347 e. The van der Waals surface area contributed by atoms with Gasteiger partial charge in [0, 0.05) is 12.0 Å². The van der Waals surface area contributed by atoms with E-state index in [1.165, 1.54) is 0 Å². The van der Waals surface area contributed by atoms with Crippen LogP contribution in [0.25, 0.3) is 22.5 Å². The molecule has 4 aromatic rings. The van der Waals surface area contributed by atoms with Crippen LogP contribution >= 0.6 is 0 Å². The van der Waals surface area contributed by atoms with E-state index >= 15 is 0 Å². The molecule has 2 heterocycles. The highest BCUT2D eigenvalue weighted by Gasteiger charge is 2.36. The molecule has 10 heteroatoms. The second-order valence-corrected chi connectivity index (χ2v) is 9.93. The van der Waals surface area contributed by atoms with Gasteiger partial charge in [-0.1, -0.05) is 82.6 Å². The molecule has 0 radical (unpaired) electrons. The number of benzene rings is 2. The summed E-state index contributed by atoms with van der Waals surface area (Å²) in [6.07, 6.45) is 2.40. The van der Waals surface area contributed by atoms with Crippen LogP contribution in [0.1, 0.15) is 58.0 Å². The highest BCUT2D eigenvalue weighted by Crippen LogP contribution is 2.31. The van der Waals surface area contributed by atoms with E-state index in [1.54, 1.807) is 25.3 Å². The van der Waals surface area contributed by atoms with Crippen molar-refractivity contribution in [2.24, 2.45) is 5.41 Å². The molecular formula is C26H31N7O3. The number of carboxylic acid groups (broad SMARTS) is 1. The molecule has 0 aliphatic carbocycles. The highest BCUT2D eigenvalue weighted by molar-refractivity contribution is 5.80. The molecule has 188 valence electrons. The topological polar surface area (TPSA) is 132 Å². The van der Waals surface area contributed by atoms with Crippen LogP contribution in [-0.2, 0) is 17.8 Å². The smallest absolute Gasteiger partial charge is 0.347 e. The van der Waals surface area contributed by atoms with Gasteiger partial charge in [-0.15, -0.1) is 5.10 Å². The van der Waals surface area contributed by atoms with Gasteiger partial charge in [-0.05, 0) is 39.0 Å². The van der Waals surface area contributed by atoms with E-state index in [0.29, 0.717) is 24.6 Å². The number of aliphatic carboxylic acids is 1. The number of H-pyrrole nitrogens is 1. The van der Waals surface area contributed by atoms with E-state index in [1.807, 2.05) is 48.5 Å². The molecule has 0 amide bonds. The molecule has 4 rings (SSSR count). The number of rotatable bonds is 9. The quantitative estimate of drug-likeness (QED) is 0.364. The Morgan fingerprint density at radius 2 is 1.78 bits per heavy atom. The lowest BCUT2D eigenvalue weighted by atomic mass is 9.87. The number of nitrogens with one attached hydrogen (secondary N) is 1. The van der Waals surface area contributed by atoms with Crippen LogP contribution in [0.5, 0.6) is 0 Å². The Bertz CT molecular complexity index is 1380. The fourth-order valence-electron chi connectivity index (χ4n) is 4.33. The molecule has 0 bridgehead atoms. The number of aromatic nitrogens is 7. The summed E-state index contributed by atoms with van der Waals surface area (Å²) >= 11 is 0. The van der Waals surface area contributed by atoms with Crippen molar-refractivity contribution >= 4 is 5.97 Å². The molecule has 0 saturated heterocycles. The van der Waals surface area contributed by atoms with Gasteiger partial charge in [0.1, 0.15) is 5.82 Å². The number of carbonyl (C=O) groups is 1. The molecule has 10 nitrogen and oxygen atoms in total. The largest absolute Gasteiger partial charge is 0.480 e. The molecule has 2 N–H and O–H groups in total. The van der Waals surface area contributed by atoms with Crippen LogP contribution in [0.4, 0.5) is 0 Å². The summed E-state index contributed by atoms with van der Waals surface area (Å²) in [6, 6.07) is 14.7. The predicted octanol–water partition coefficient (Wildman–Crippen LogP) is 3.95. The lowest BCUT2D eigenvalue weighted by molar-refractivity contribution is -0.144. The van der Waals surface area contributed by atoms with Crippen molar-refractivity contribution in [1.29, 1.82) is 0 Å². The summed E-state index contributed by atoms with van der Waals surface area (Å²) in [7, 11) is 0. The number of tetrazole rings is 1. The summed E-state index contributed by atoms with van der Waals surface area (Å²) in [5, 5.41) is 28.5. The summed E-state index contributed by atoms with van der Waals surface area (Å²) in [5.74, 6) is 0.118. The van der Waals surface area contributed by atoms with Crippen LogP contribution in [0.2, 0.25) is 0 Å². The fraction of sp³-hybridized carbons (Fsp3) is 0.385. The van der Waals surface area contributed by atoms with Crippen LogP contribution in [-0.4, -0.2) is 46.0 Å². The van der Waals surface area contributed by atoms with E-state index in [0.717, 1.165) is 39.8 Å². The summed E-state index contributed by atoms with van der Waals surface area (Å²) in [5.41, 5.74) is 2.68. The maximum absolute atomic E-state index is 13.4. The van der Waals surface area contributed by atoms with Crippen molar-refractivity contribution in [3.05, 3.63) is 70.4 Å². The standard InChI is InChI=1S/C26H31N7O3/c1-5-6-11-21-29-33(22(24(34)35)26(2,3)4)25(36)32(21)16-17-12-14-18(15-13-17)19-9-7-8-10-20(19)23-27-30-31-28-23/h7-10,12-15,22H,5-6,11,16H2,1-4H3,(H,34,35)(H,27,28,30,31). The molecule has 1 atom stereocenters. The minimum absolute atomic E-state index is 0.308. The molecule has 2 aromatic carbocycles. The number of aryl methyl sites for hydroxylation is 1.